The molecule has 0 aliphatic heterocycles. The fraction of sp³-hybridized carbons (Fsp3) is 0.412. The number of aliphatic hydroxyl groups is 1. The van der Waals surface area contributed by atoms with Crippen LogP contribution in [0.3, 0.4) is 0 Å². The van der Waals surface area contributed by atoms with Gasteiger partial charge in [0.05, 0.1) is 32.2 Å². The summed E-state index contributed by atoms with van der Waals surface area (Å²) in [6, 6.07) is 7.16. The van der Waals surface area contributed by atoms with Gasteiger partial charge in [0.1, 0.15) is 5.82 Å². The topological polar surface area (TPSA) is 87.7 Å². The molecule has 0 aliphatic rings. The molecule has 0 saturated heterocycles. The zero-order chi connectivity index (χ0) is 17.5. The Labute approximate surface area is 141 Å². The normalized spacial score (nSPS) is 11.8. The highest BCUT2D eigenvalue weighted by atomic mass is 16.5. The molecule has 1 atom stereocenters. The van der Waals surface area contributed by atoms with E-state index in [4.69, 9.17) is 9.47 Å². The number of carbonyl (C=O) groups excluding carboxylic acids is 1. The van der Waals surface area contributed by atoms with Gasteiger partial charge in [-0.1, -0.05) is 12.1 Å². The third-order valence-corrected chi connectivity index (χ3v) is 3.52. The van der Waals surface area contributed by atoms with Crippen LogP contribution in [0.25, 0.3) is 0 Å². The average Bonchev–Trinajstić information content (AvgIpc) is 2.99. The minimum absolute atomic E-state index is 0.125. The number of nitrogens with zero attached hydrogens (tertiary/aromatic N) is 2. The van der Waals surface area contributed by atoms with Crippen LogP contribution < -0.4 is 9.47 Å². The number of aryl methyl sites for hydroxylation is 1. The molecular weight excluding hydrogens is 310 g/mol. The molecule has 1 aromatic carbocycles. The van der Waals surface area contributed by atoms with E-state index in [2.05, 4.69) is 9.97 Å². The molecule has 0 aliphatic carbocycles. The number of nitrogens with one attached hydrogen (secondary N) is 1. The first-order valence-corrected chi connectivity index (χ1v) is 7.75. The lowest BCUT2D eigenvalue weighted by molar-refractivity contribution is -0.139. The molecule has 7 nitrogen and oxygen atoms in total. The predicted octanol–water partition coefficient (Wildman–Crippen LogP) is 1.52. The van der Waals surface area contributed by atoms with Crippen molar-refractivity contribution in [1.29, 1.82) is 0 Å². The maximum absolute atomic E-state index is 12.7. The molecule has 1 aromatic heterocycles. The number of para-hydroxylation sites is 2. The number of H-pyrrole nitrogens is 1. The Kier molecular flexibility index (Phi) is 6.20. The van der Waals surface area contributed by atoms with Gasteiger partial charge in [0, 0.05) is 6.54 Å². The molecule has 1 amide bonds. The Morgan fingerprint density at radius 3 is 2.67 bits per heavy atom. The highest BCUT2D eigenvalue weighted by molar-refractivity contribution is 5.81. The van der Waals surface area contributed by atoms with E-state index in [1.54, 1.807) is 32.4 Å². The van der Waals surface area contributed by atoms with Gasteiger partial charge in [-0.3, -0.25) is 4.79 Å². The van der Waals surface area contributed by atoms with Crippen molar-refractivity contribution in [2.75, 3.05) is 20.3 Å². The summed E-state index contributed by atoms with van der Waals surface area (Å²) in [6.07, 6.45) is 0.968. The Balaban J connectivity index is 2.07. The highest BCUT2D eigenvalue weighted by Gasteiger charge is 2.23. The van der Waals surface area contributed by atoms with Crippen LogP contribution in [0.15, 0.2) is 30.5 Å². The highest BCUT2D eigenvalue weighted by Crippen LogP contribution is 2.27. The van der Waals surface area contributed by atoms with Gasteiger partial charge in [-0.15, -0.1) is 0 Å². The molecule has 130 valence electrons. The van der Waals surface area contributed by atoms with Crippen LogP contribution in [-0.2, 0) is 11.3 Å². The summed E-state index contributed by atoms with van der Waals surface area (Å²) in [5, 5.41) is 9.24. The molecule has 0 bridgehead atoms. The van der Waals surface area contributed by atoms with Gasteiger partial charge in [0.15, 0.2) is 17.6 Å². The summed E-state index contributed by atoms with van der Waals surface area (Å²) >= 11 is 0. The molecule has 7 heteroatoms. The van der Waals surface area contributed by atoms with Crippen molar-refractivity contribution in [3.8, 4) is 11.5 Å². The maximum atomic E-state index is 12.7. The first-order chi connectivity index (χ1) is 11.5. The summed E-state index contributed by atoms with van der Waals surface area (Å²) in [7, 11) is 1.55. The van der Waals surface area contributed by atoms with Crippen LogP contribution >= 0.6 is 0 Å². The van der Waals surface area contributed by atoms with Crippen molar-refractivity contribution < 1.29 is 19.4 Å². The van der Waals surface area contributed by atoms with Gasteiger partial charge < -0.3 is 24.5 Å². The van der Waals surface area contributed by atoms with Crippen LogP contribution in [0, 0.1) is 6.92 Å². The largest absolute Gasteiger partial charge is 0.493 e. The van der Waals surface area contributed by atoms with E-state index in [9.17, 15) is 9.90 Å². The van der Waals surface area contributed by atoms with Crippen molar-refractivity contribution in [1.82, 2.24) is 14.9 Å². The van der Waals surface area contributed by atoms with E-state index < -0.39 is 6.10 Å². The summed E-state index contributed by atoms with van der Waals surface area (Å²) in [5.41, 5.74) is 0.804. The molecule has 2 N–H and O–H groups in total. The molecule has 0 radical (unpaired) electrons. The van der Waals surface area contributed by atoms with Gasteiger partial charge >= 0.3 is 0 Å². The molecule has 2 aromatic rings. The Morgan fingerprint density at radius 1 is 1.38 bits per heavy atom. The van der Waals surface area contributed by atoms with Crippen LogP contribution in [0.4, 0.5) is 0 Å². The number of methoxy groups -OCH3 is 1. The third-order valence-electron chi connectivity index (χ3n) is 3.52. The van der Waals surface area contributed by atoms with Gasteiger partial charge in [0.2, 0.25) is 0 Å². The lowest BCUT2D eigenvalue weighted by atomic mass is 10.2. The summed E-state index contributed by atoms with van der Waals surface area (Å²) < 4.78 is 11.0. The summed E-state index contributed by atoms with van der Waals surface area (Å²) in [6.45, 7) is 3.95. The predicted molar refractivity (Wildman–Crippen MR) is 88.9 cm³/mol. The number of amides is 1. The number of aromatic amines is 1. The fourth-order valence-corrected chi connectivity index (χ4v) is 2.36. The zero-order valence-corrected chi connectivity index (χ0v) is 14.2. The van der Waals surface area contributed by atoms with Crippen molar-refractivity contribution >= 4 is 5.91 Å². The second kappa shape index (κ2) is 8.35. The van der Waals surface area contributed by atoms with Crippen molar-refractivity contribution in [3.05, 3.63) is 42.0 Å². The van der Waals surface area contributed by atoms with Crippen molar-refractivity contribution in [3.63, 3.8) is 0 Å². The zero-order valence-electron chi connectivity index (χ0n) is 14.2. The number of ether oxygens (including phenoxy) is 2. The number of hydrogen-bond donors (Lipinski definition) is 2. The Morgan fingerprint density at radius 2 is 2.08 bits per heavy atom. The van der Waals surface area contributed by atoms with E-state index >= 15 is 0 Å². The molecule has 0 spiro atoms. The third kappa shape index (κ3) is 4.48. The minimum Gasteiger partial charge on any atom is -0.493 e. The first kappa shape index (κ1) is 17.8. The molecule has 0 saturated carbocycles. The number of carbonyl (C=O) groups is 1. The molecule has 2 rings (SSSR count). The molecule has 24 heavy (non-hydrogen) atoms. The number of rotatable bonds is 8. The van der Waals surface area contributed by atoms with Crippen molar-refractivity contribution in [2.45, 2.75) is 26.5 Å². The SMILES string of the molecule is COc1ccccc1OC(C)C(=O)N(CCO)Cc1cnc(C)[nH]1. The van der Waals surface area contributed by atoms with E-state index in [0.29, 0.717) is 18.0 Å². The monoisotopic (exact) mass is 333 g/mol. The number of aliphatic hydroxyl groups excluding tert-OH is 1. The number of benzene rings is 1. The average molecular weight is 333 g/mol. The van der Waals surface area contributed by atoms with Gasteiger partial charge in [-0.05, 0) is 26.0 Å². The second-order valence-corrected chi connectivity index (χ2v) is 5.39. The lowest BCUT2D eigenvalue weighted by Crippen LogP contribution is -2.41. The molecule has 0 fully saturated rings. The molecular formula is C17H23N3O4. The van der Waals surface area contributed by atoms with Crippen LogP contribution in [0.1, 0.15) is 18.4 Å². The van der Waals surface area contributed by atoms with E-state index in [1.807, 2.05) is 19.1 Å². The van der Waals surface area contributed by atoms with Crippen LogP contribution in [0.5, 0.6) is 11.5 Å². The smallest absolute Gasteiger partial charge is 0.263 e. The van der Waals surface area contributed by atoms with Gasteiger partial charge in [-0.25, -0.2) is 4.98 Å². The Hall–Kier alpha value is -2.54. The maximum Gasteiger partial charge on any atom is 0.263 e. The standard InChI is InChI=1S/C17H23N3O4/c1-12(24-16-7-5-4-6-15(16)23-3)17(22)20(8-9-21)11-14-10-18-13(2)19-14/h4-7,10,12,21H,8-9,11H2,1-3H3,(H,18,19). The minimum atomic E-state index is -0.711. The van der Waals surface area contributed by atoms with E-state index in [1.165, 1.54) is 4.90 Å². The Bertz CT molecular complexity index is 671. The summed E-state index contributed by atoms with van der Waals surface area (Å²) in [5.74, 6) is 1.62. The number of aromatic nitrogens is 2. The van der Waals surface area contributed by atoms with Crippen LogP contribution in [-0.4, -0.2) is 52.2 Å². The second-order valence-electron chi connectivity index (χ2n) is 5.39. The number of imidazole rings is 1. The fourth-order valence-electron chi connectivity index (χ4n) is 2.36. The summed E-state index contributed by atoms with van der Waals surface area (Å²) in [4.78, 5) is 21.4. The van der Waals surface area contributed by atoms with Gasteiger partial charge in [0.25, 0.3) is 5.91 Å². The molecule has 1 heterocycles. The van der Waals surface area contributed by atoms with Crippen molar-refractivity contribution in [2.24, 2.45) is 0 Å². The van der Waals surface area contributed by atoms with E-state index in [0.717, 1.165) is 11.5 Å². The first-order valence-electron chi connectivity index (χ1n) is 7.75. The van der Waals surface area contributed by atoms with Gasteiger partial charge in [-0.2, -0.15) is 0 Å². The van der Waals surface area contributed by atoms with Crippen LogP contribution in [0.2, 0.25) is 0 Å². The molecule has 1 unspecified atom stereocenters. The quantitative estimate of drug-likeness (QED) is 0.765. The van der Waals surface area contributed by atoms with E-state index in [-0.39, 0.29) is 19.1 Å². The number of hydrogen-bond acceptors (Lipinski definition) is 5. The lowest BCUT2D eigenvalue weighted by Gasteiger charge is -2.25.